The van der Waals surface area contributed by atoms with E-state index in [0.29, 0.717) is 6.04 Å². The molecule has 1 aliphatic rings. The number of ether oxygens (including phenoxy) is 1. The lowest BCUT2D eigenvalue weighted by atomic mass is 9.64. The van der Waals surface area contributed by atoms with Gasteiger partial charge < -0.3 is 15.2 Å². The smallest absolute Gasteiger partial charge is 0.121 e. The van der Waals surface area contributed by atoms with Crippen LogP contribution in [-0.2, 0) is 0 Å². The third-order valence-electron chi connectivity index (χ3n) is 3.95. The first kappa shape index (κ1) is 12.2. The van der Waals surface area contributed by atoms with Crippen molar-refractivity contribution in [3.63, 3.8) is 0 Å². The van der Waals surface area contributed by atoms with E-state index in [2.05, 4.69) is 25.2 Å². The number of aliphatic hydroxyl groups is 1. The van der Waals surface area contributed by atoms with Crippen LogP contribution in [-0.4, -0.2) is 24.4 Å². The van der Waals surface area contributed by atoms with Crippen molar-refractivity contribution in [3.8, 4) is 5.75 Å². The van der Waals surface area contributed by atoms with Crippen molar-refractivity contribution in [1.29, 1.82) is 0 Å². The van der Waals surface area contributed by atoms with Crippen LogP contribution in [0.25, 0.3) is 0 Å². The maximum atomic E-state index is 9.70. The molecule has 0 amide bonds. The highest BCUT2D eigenvalue weighted by Gasteiger charge is 2.47. The summed E-state index contributed by atoms with van der Waals surface area (Å²) in [7, 11) is 1.68. The van der Waals surface area contributed by atoms with Crippen molar-refractivity contribution in [2.75, 3.05) is 12.4 Å². The second kappa shape index (κ2) is 4.22. The summed E-state index contributed by atoms with van der Waals surface area (Å²) < 4.78 is 5.24. The molecule has 0 bridgehead atoms. The number of anilines is 1. The van der Waals surface area contributed by atoms with Gasteiger partial charge in [0.05, 0.1) is 13.2 Å². The molecule has 1 fully saturated rings. The van der Waals surface area contributed by atoms with E-state index in [1.807, 2.05) is 19.1 Å². The molecule has 0 spiro atoms. The van der Waals surface area contributed by atoms with Gasteiger partial charge in [0.15, 0.2) is 0 Å². The van der Waals surface area contributed by atoms with E-state index in [9.17, 15) is 5.11 Å². The number of methoxy groups -OCH3 is 1. The van der Waals surface area contributed by atoms with Crippen LogP contribution in [0.15, 0.2) is 18.2 Å². The fourth-order valence-electron chi connectivity index (χ4n) is 2.32. The predicted octanol–water partition coefficient (Wildman–Crippen LogP) is 2.57. The molecule has 17 heavy (non-hydrogen) atoms. The maximum absolute atomic E-state index is 9.70. The molecule has 0 aromatic heterocycles. The molecule has 1 saturated carbocycles. The quantitative estimate of drug-likeness (QED) is 0.846. The number of aliphatic hydroxyl groups excluding tert-OH is 1. The number of rotatable bonds is 3. The van der Waals surface area contributed by atoms with Gasteiger partial charge in [0.1, 0.15) is 5.75 Å². The van der Waals surface area contributed by atoms with Crippen LogP contribution >= 0.6 is 0 Å². The van der Waals surface area contributed by atoms with E-state index in [0.717, 1.165) is 23.4 Å². The van der Waals surface area contributed by atoms with Crippen molar-refractivity contribution < 1.29 is 9.84 Å². The molecule has 1 aromatic carbocycles. The molecule has 2 atom stereocenters. The lowest BCUT2D eigenvalue weighted by Gasteiger charge is -2.49. The normalized spacial score (nSPS) is 26.2. The number of aryl methyl sites for hydroxylation is 1. The molecule has 2 rings (SSSR count). The van der Waals surface area contributed by atoms with Crippen LogP contribution < -0.4 is 10.1 Å². The summed E-state index contributed by atoms with van der Waals surface area (Å²) in [5.41, 5.74) is 2.16. The first-order chi connectivity index (χ1) is 7.95. The van der Waals surface area contributed by atoms with Gasteiger partial charge in [-0.15, -0.1) is 0 Å². The maximum Gasteiger partial charge on any atom is 0.121 e. The van der Waals surface area contributed by atoms with Crippen LogP contribution in [0.3, 0.4) is 0 Å². The fourth-order valence-corrected chi connectivity index (χ4v) is 2.32. The second-order valence-electron chi connectivity index (χ2n) is 5.45. The first-order valence-corrected chi connectivity index (χ1v) is 6.04. The van der Waals surface area contributed by atoms with Crippen LogP contribution in [0.5, 0.6) is 5.75 Å². The minimum Gasteiger partial charge on any atom is -0.496 e. The molecular weight excluding hydrogens is 214 g/mol. The average Bonchev–Trinajstić information content (AvgIpc) is 2.29. The highest BCUT2D eigenvalue weighted by Crippen LogP contribution is 2.42. The summed E-state index contributed by atoms with van der Waals surface area (Å²) in [6, 6.07) is 6.41. The van der Waals surface area contributed by atoms with Gasteiger partial charge in [-0.25, -0.2) is 0 Å². The van der Waals surface area contributed by atoms with Crippen molar-refractivity contribution in [3.05, 3.63) is 23.8 Å². The summed E-state index contributed by atoms with van der Waals surface area (Å²) in [6.45, 7) is 6.22. The summed E-state index contributed by atoms with van der Waals surface area (Å²) in [5, 5.41) is 13.2. The van der Waals surface area contributed by atoms with Gasteiger partial charge in [-0.05, 0) is 37.1 Å². The largest absolute Gasteiger partial charge is 0.496 e. The van der Waals surface area contributed by atoms with Crippen LogP contribution in [0.4, 0.5) is 5.69 Å². The Hall–Kier alpha value is -1.22. The molecule has 3 nitrogen and oxygen atoms in total. The van der Waals surface area contributed by atoms with Crippen molar-refractivity contribution in [2.24, 2.45) is 5.41 Å². The Labute approximate surface area is 103 Å². The van der Waals surface area contributed by atoms with Gasteiger partial charge in [0.2, 0.25) is 0 Å². The lowest BCUT2D eigenvalue weighted by Crippen LogP contribution is -2.56. The molecule has 0 radical (unpaired) electrons. The van der Waals surface area contributed by atoms with Gasteiger partial charge in [-0.3, -0.25) is 0 Å². The summed E-state index contributed by atoms with van der Waals surface area (Å²) in [4.78, 5) is 0. The molecular formula is C14H21NO2. The molecule has 94 valence electrons. The summed E-state index contributed by atoms with van der Waals surface area (Å²) in [5.74, 6) is 0.906. The number of benzene rings is 1. The molecule has 2 N–H and O–H groups in total. The summed E-state index contributed by atoms with van der Waals surface area (Å²) in [6.07, 6.45) is 0.622. The Bertz CT molecular complexity index is 415. The van der Waals surface area contributed by atoms with Gasteiger partial charge in [-0.2, -0.15) is 0 Å². The predicted molar refractivity (Wildman–Crippen MR) is 69.5 cm³/mol. The average molecular weight is 235 g/mol. The molecule has 0 heterocycles. The number of hydrogen-bond donors (Lipinski definition) is 2. The molecule has 1 aliphatic carbocycles. The Morgan fingerprint density at radius 1 is 1.41 bits per heavy atom. The molecule has 3 heteroatoms. The number of nitrogens with one attached hydrogen (secondary N) is 1. The molecule has 1 aromatic rings. The first-order valence-electron chi connectivity index (χ1n) is 6.04. The zero-order chi connectivity index (χ0) is 12.6. The van der Waals surface area contributed by atoms with Gasteiger partial charge >= 0.3 is 0 Å². The van der Waals surface area contributed by atoms with Crippen LogP contribution in [0.1, 0.15) is 25.8 Å². The minimum absolute atomic E-state index is 0.0478. The van der Waals surface area contributed by atoms with Crippen molar-refractivity contribution >= 4 is 5.69 Å². The molecule has 0 saturated heterocycles. The zero-order valence-corrected chi connectivity index (χ0v) is 10.9. The second-order valence-corrected chi connectivity index (χ2v) is 5.45. The van der Waals surface area contributed by atoms with E-state index in [1.165, 1.54) is 0 Å². The summed E-state index contributed by atoms with van der Waals surface area (Å²) >= 11 is 0. The SMILES string of the molecule is COc1ccc(NC2CC(O)C2(C)C)cc1C. The van der Waals surface area contributed by atoms with Gasteiger partial charge in [0, 0.05) is 17.1 Å². The monoisotopic (exact) mass is 235 g/mol. The van der Waals surface area contributed by atoms with Crippen molar-refractivity contribution in [2.45, 2.75) is 39.3 Å². The van der Waals surface area contributed by atoms with E-state index in [1.54, 1.807) is 7.11 Å². The van der Waals surface area contributed by atoms with E-state index >= 15 is 0 Å². The topological polar surface area (TPSA) is 41.5 Å². The Morgan fingerprint density at radius 3 is 2.59 bits per heavy atom. The van der Waals surface area contributed by atoms with E-state index < -0.39 is 0 Å². The Kier molecular flexibility index (Phi) is 3.04. The van der Waals surface area contributed by atoms with Crippen molar-refractivity contribution in [1.82, 2.24) is 0 Å². The Morgan fingerprint density at radius 2 is 2.12 bits per heavy atom. The lowest BCUT2D eigenvalue weighted by molar-refractivity contribution is -0.0510. The standard InChI is InChI=1S/C14H21NO2/c1-9-7-10(5-6-11(9)17-4)15-12-8-13(16)14(12,2)3/h5-7,12-13,15-16H,8H2,1-4H3. The van der Waals surface area contributed by atoms with Crippen LogP contribution in [0.2, 0.25) is 0 Å². The number of hydrogen-bond acceptors (Lipinski definition) is 3. The zero-order valence-electron chi connectivity index (χ0n) is 10.9. The van der Waals surface area contributed by atoms with E-state index in [4.69, 9.17) is 4.74 Å². The molecule has 2 unspecified atom stereocenters. The minimum atomic E-state index is -0.195. The third kappa shape index (κ3) is 2.12. The van der Waals surface area contributed by atoms with Gasteiger partial charge in [-0.1, -0.05) is 13.8 Å². The highest BCUT2D eigenvalue weighted by molar-refractivity contribution is 5.52. The van der Waals surface area contributed by atoms with E-state index in [-0.39, 0.29) is 11.5 Å². The van der Waals surface area contributed by atoms with Crippen LogP contribution in [0, 0.1) is 12.3 Å². The molecule has 0 aliphatic heterocycles. The fraction of sp³-hybridized carbons (Fsp3) is 0.571. The Balaban J connectivity index is 2.08. The highest BCUT2D eigenvalue weighted by atomic mass is 16.5. The van der Waals surface area contributed by atoms with Gasteiger partial charge in [0.25, 0.3) is 0 Å². The third-order valence-corrected chi connectivity index (χ3v) is 3.95.